The fraction of sp³-hybridized carbons (Fsp3) is 0.148. The van der Waals surface area contributed by atoms with Crippen LogP contribution in [-0.2, 0) is 6.54 Å². The Labute approximate surface area is 210 Å². The lowest BCUT2D eigenvalue weighted by Gasteiger charge is -2.28. The molecule has 5 nitrogen and oxygen atoms in total. The first-order valence-corrected chi connectivity index (χ1v) is 11.3. The van der Waals surface area contributed by atoms with Crippen molar-refractivity contribution in [1.82, 2.24) is 0 Å². The van der Waals surface area contributed by atoms with E-state index in [1.165, 1.54) is 0 Å². The van der Waals surface area contributed by atoms with Crippen molar-refractivity contribution in [2.45, 2.75) is 13.5 Å². The van der Waals surface area contributed by atoms with Crippen molar-refractivity contribution < 1.29 is 9.47 Å². The van der Waals surface area contributed by atoms with Crippen LogP contribution in [0.5, 0.6) is 11.5 Å². The predicted molar refractivity (Wildman–Crippen MR) is 140 cm³/mol. The van der Waals surface area contributed by atoms with E-state index in [1.807, 2.05) is 54.3 Å². The molecule has 0 aliphatic rings. The van der Waals surface area contributed by atoms with Gasteiger partial charge in [-0.25, -0.2) is 0 Å². The van der Waals surface area contributed by atoms with E-state index in [4.69, 9.17) is 38.4 Å². The van der Waals surface area contributed by atoms with Gasteiger partial charge < -0.3 is 20.1 Å². The third-order valence-corrected chi connectivity index (χ3v) is 5.71. The fourth-order valence-electron chi connectivity index (χ4n) is 3.42. The zero-order valence-electron chi connectivity index (χ0n) is 19.0. The third-order valence-electron chi connectivity index (χ3n) is 5.13. The number of para-hydroxylation sites is 2. The first-order chi connectivity index (χ1) is 16.4. The van der Waals surface area contributed by atoms with E-state index in [0.29, 0.717) is 57.3 Å². The third kappa shape index (κ3) is 5.85. The van der Waals surface area contributed by atoms with Gasteiger partial charge in [0.1, 0.15) is 6.07 Å². The molecule has 0 aliphatic carbocycles. The van der Waals surface area contributed by atoms with Crippen LogP contribution >= 0.6 is 23.2 Å². The summed E-state index contributed by atoms with van der Waals surface area (Å²) in [4.78, 5) is 1.87. The maximum absolute atomic E-state index is 10.0. The van der Waals surface area contributed by atoms with E-state index in [1.54, 1.807) is 31.4 Å². The molecule has 0 spiro atoms. The number of ether oxygens (including phenoxy) is 2. The summed E-state index contributed by atoms with van der Waals surface area (Å²) in [6.45, 7) is 6.99. The molecule has 0 amide bonds. The summed E-state index contributed by atoms with van der Waals surface area (Å²) < 4.78 is 11.0. The van der Waals surface area contributed by atoms with Crippen LogP contribution in [-0.4, -0.2) is 13.7 Å². The number of nitrogen functional groups attached to an aromatic ring is 1. The van der Waals surface area contributed by atoms with Gasteiger partial charge in [0.15, 0.2) is 11.5 Å². The van der Waals surface area contributed by atoms with Crippen LogP contribution in [0.25, 0.3) is 6.08 Å². The number of halogens is 2. The molecular weight excluding hydrogens is 469 g/mol. The van der Waals surface area contributed by atoms with Crippen molar-refractivity contribution in [2.75, 3.05) is 24.4 Å². The summed E-state index contributed by atoms with van der Waals surface area (Å²) in [6.07, 6.45) is 1.75. The molecule has 0 aliphatic heterocycles. The number of nitriles is 1. The van der Waals surface area contributed by atoms with Crippen LogP contribution in [0, 0.1) is 11.3 Å². The second-order valence-corrected chi connectivity index (χ2v) is 8.18. The molecule has 7 heteroatoms. The number of rotatable bonds is 9. The Balaban J connectivity index is 2.03. The number of allylic oxidation sites excluding steroid dienone is 1. The molecule has 0 fully saturated rings. The van der Waals surface area contributed by atoms with Crippen LogP contribution in [0.1, 0.15) is 18.1 Å². The Bertz CT molecular complexity index is 1260. The van der Waals surface area contributed by atoms with Gasteiger partial charge >= 0.3 is 0 Å². The van der Waals surface area contributed by atoms with Gasteiger partial charge in [-0.15, -0.1) is 0 Å². The largest absolute Gasteiger partial charge is 0.493 e. The summed E-state index contributed by atoms with van der Waals surface area (Å²) in [6, 6.07) is 20.4. The zero-order chi connectivity index (χ0) is 24.7. The van der Waals surface area contributed by atoms with Crippen molar-refractivity contribution in [3.63, 3.8) is 0 Å². The summed E-state index contributed by atoms with van der Waals surface area (Å²) in [7, 11) is 1.57. The minimum Gasteiger partial charge on any atom is -0.493 e. The second kappa shape index (κ2) is 11.5. The Kier molecular flexibility index (Phi) is 8.48. The average molecular weight is 494 g/mol. The fourth-order valence-corrected chi connectivity index (χ4v) is 3.89. The summed E-state index contributed by atoms with van der Waals surface area (Å²) in [5.74, 6) is 1.21. The summed E-state index contributed by atoms with van der Waals surface area (Å²) in [5.41, 5.74) is 9.96. The maximum Gasteiger partial charge on any atom is 0.161 e. The Morgan fingerprint density at radius 1 is 1.12 bits per heavy atom. The average Bonchev–Trinajstić information content (AvgIpc) is 2.83. The number of benzene rings is 3. The molecule has 2 N–H and O–H groups in total. The van der Waals surface area contributed by atoms with Crippen molar-refractivity contribution in [3.8, 4) is 17.6 Å². The van der Waals surface area contributed by atoms with Crippen molar-refractivity contribution >= 4 is 40.7 Å². The van der Waals surface area contributed by atoms with Crippen molar-refractivity contribution in [2.24, 2.45) is 0 Å². The van der Waals surface area contributed by atoms with E-state index in [9.17, 15) is 5.26 Å². The molecular formula is C27H25Cl2N3O2. The number of hydrogen-bond donors (Lipinski definition) is 1. The van der Waals surface area contributed by atoms with Gasteiger partial charge in [-0.2, -0.15) is 5.26 Å². The smallest absolute Gasteiger partial charge is 0.161 e. The zero-order valence-corrected chi connectivity index (χ0v) is 20.5. The van der Waals surface area contributed by atoms with E-state index in [-0.39, 0.29) is 0 Å². The molecule has 0 bridgehead atoms. The first kappa shape index (κ1) is 25.0. The monoisotopic (exact) mass is 493 g/mol. The molecule has 0 saturated heterocycles. The topological polar surface area (TPSA) is 71.5 Å². The number of hydrogen-bond acceptors (Lipinski definition) is 5. The molecule has 0 saturated carbocycles. The highest BCUT2D eigenvalue weighted by Gasteiger charge is 2.19. The SMILES string of the molecule is C=C(/C(C#N)=C/c1ccc(OCC)c(OC)c1)N(Cc1ccc(Cl)cc1Cl)c1ccccc1N. The Hall–Kier alpha value is -3.59. The lowest BCUT2D eigenvalue weighted by molar-refractivity contribution is 0.311. The van der Waals surface area contributed by atoms with E-state index in [0.717, 1.165) is 11.1 Å². The van der Waals surface area contributed by atoms with Crippen molar-refractivity contribution in [1.29, 1.82) is 5.26 Å². The molecule has 34 heavy (non-hydrogen) atoms. The Morgan fingerprint density at radius 3 is 2.53 bits per heavy atom. The van der Waals surface area contributed by atoms with E-state index in [2.05, 4.69) is 12.6 Å². The quantitative estimate of drug-likeness (QED) is 0.195. The standard InChI is InChI=1S/C27H25Cl2N3O2/c1-4-34-26-12-9-19(14-27(26)33-3)13-21(16-30)18(2)32(25-8-6-5-7-24(25)31)17-20-10-11-22(28)15-23(20)29/h5-15H,2,4,17,31H2,1,3H3/b21-13+. The minimum absolute atomic E-state index is 0.342. The van der Waals surface area contributed by atoms with Gasteiger partial charge in [0.2, 0.25) is 0 Å². The number of anilines is 2. The van der Waals surface area contributed by atoms with Crippen LogP contribution in [0.2, 0.25) is 10.0 Å². The predicted octanol–water partition coefficient (Wildman–Crippen LogP) is 7.11. The number of nitrogens with zero attached hydrogens (tertiary/aromatic N) is 2. The van der Waals surface area contributed by atoms with Gasteiger partial charge in [-0.1, -0.05) is 54.0 Å². The van der Waals surface area contributed by atoms with E-state index < -0.39 is 0 Å². The molecule has 0 unspecified atom stereocenters. The van der Waals surface area contributed by atoms with Crippen molar-refractivity contribution in [3.05, 3.63) is 99.7 Å². The van der Waals surface area contributed by atoms with Crippen LogP contribution in [0.15, 0.2) is 78.5 Å². The van der Waals surface area contributed by atoms with E-state index >= 15 is 0 Å². The van der Waals surface area contributed by atoms with Gasteiger partial charge in [-0.3, -0.25) is 0 Å². The normalized spacial score (nSPS) is 11.0. The highest BCUT2D eigenvalue weighted by molar-refractivity contribution is 6.35. The molecule has 3 rings (SSSR count). The Morgan fingerprint density at radius 2 is 1.88 bits per heavy atom. The lowest BCUT2D eigenvalue weighted by Crippen LogP contribution is -2.23. The van der Waals surface area contributed by atoms with Crippen LogP contribution in [0.3, 0.4) is 0 Å². The van der Waals surface area contributed by atoms with Crippen LogP contribution in [0.4, 0.5) is 11.4 Å². The highest BCUT2D eigenvalue weighted by atomic mass is 35.5. The minimum atomic E-state index is 0.342. The molecule has 0 aromatic heterocycles. The first-order valence-electron chi connectivity index (χ1n) is 10.6. The lowest BCUT2D eigenvalue weighted by atomic mass is 10.1. The van der Waals surface area contributed by atoms with Gasteiger partial charge in [-0.05, 0) is 60.5 Å². The second-order valence-electron chi connectivity index (χ2n) is 7.34. The molecule has 0 atom stereocenters. The van der Waals surface area contributed by atoms with Gasteiger partial charge in [0, 0.05) is 16.6 Å². The van der Waals surface area contributed by atoms with Crippen LogP contribution < -0.4 is 20.1 Å². The molecule has 174 valence electrons. The van der Waals surface area contributed by atoms with Gasteiger partial charge in [0.25, 0.3) is 0 Å². The maximum atomic E-state index is 10.0. The molecule has 0 heterocycles. The molecule has 3 aromatic carbocycles. The molecule has 3 aromatic rings. The summed E-state index contributed by atoms with van der Waals surface area (Å²) >= 11 is 12.5. The summed E-state index contributed by atoms with van der Waals surface area (Å²) in [5, 5.41) is 11.1. The van der Waals surface area contributed by atoms with Gasteiger partial charge in [0.05, 0.1) is 36.4 Å². The number of nitrogens with two attached hydrogens (primary N) is 1. The number of methoxy groups -OCH3 is 1. The molecule has 0 radical (unpaired) electrons. The highest BCUT2D eigenvalue weighted by Crippen LogP contribution is 2.34.